The minimum Gasteiger partial charge on any atom is -0.466 e. The number of carbonyl (C=O) groups excluding carboxylic acids is 1. The first kappa shape index (κ1) is 13.9. The number of nitrogens with one attached hydrogen (secondary N) is 1. The minimum absolute atomic E-state index is 0.00311. The summed E-state index contributed by atoms with van der Waals surface area (Å²) in [5.41, 5.74) is 10.1. The highest BCUT2D eigenvalue weighted by atomic mass is 16.3. The monoisotopic (exact) mass is 284 g/mol. The Kier molecular flexibility index (Phi) is 3.55. The molecule has 3 rings (SSSR count). The fourth-order valence-electron chi connectivity index (χ4n) is 2.93. The summed E-state index contributed by atoms with van der Waals surface area (Å²) < 4.78 is 5.55. The summed E-state index contributed by atoms with van der Waals surface area (Å²) in [6.45, 7) is 4.56. The van der Waals surface area contributed by atoms with Crippen LogP contribution in [0.2, 0.25) is 0 Å². The Morgan fingerprint density at radius 3 is 2.81 bits per heavy atom. The second-order valence-corrected chi connectivity index (χ2v) is 5.62. The van der Waals surface area contributed by atoms with Crippen molar-refractivity contribution in [3.8, 4) is 0 Å². The van der Waals surface area contributed by atoms with Crippen LogP contribution in [-0.2, 0) is 6.42 Å². The van der Waals surface area contributed by atoms with E-state index in [0.29, 0.717) is 0 Å². The van der Waals surface area contributed by atoms with Crippen LogP contribution in [0.4, 0.5) is 0 Å². The lowest BCUT2D eigenvalue weighted by molar-refractivity contribution is 0.0956. The highest BCUT2D eigenvalue weighted by molar-refractivity contribution is 5.96. The number of benzene rings is 1. The lowest BCUT2D eigenvalue weighted by Crippen LogP contribution is -2.23. The van der Waals surface area contributed by atoms with Gasteiger partial charge in [-0.25, -0.2) is 0 Å². The molecule has 0 saturated heterocycles. The third kappa shape index (κ3) is 2.59. The molecule has 1 aliphatic heterocycles. The molecule has 1 aromatic heterocycles. The summed E-state index contributed by atoms with van der Waals surface area (Å²) in [4.78, 5) is 12.1. The van der Waals surface area contributed by atoms with Gasteiger partial charge in [-0.3, -0.25) is 4.79 Å². The molecule has 110 valence electrons. The molecule has 1 unspecified atom stereocenters. The molecule has 1 atom stereocenters. The molecular formula is C17H20N2O2. The van der Waals surface area contributed by atoms with E-state index in [0.717, 1.165) is 53.2 Å². The second kappa shape index (κ2) is 5.37. The van der Waals surface area contributed by atoms with Crippen LogP contribution >= 0.6 is 0 Å². The molecule has 0 bridgehead atoms. The van der Waals surface area contributed by atoms with Crippen molar-refractivity contribution in [2.75, 3.05) is 6.54 Å². The van der Waals surface area contributed by atoms with Gasteiger partial charge in [0.15, 0.2) is 0 Å². The fraction of sp³-hybridized carbons (Fsp3) is 0.353. The van der Waals surface area contributed by atoms with Crippen molar-refractivity contribution in [3.05, 3.63) is 58.0 Å². The molecule has 3 N–H and O–H groups in total. The Labute approximate surface area is 124 Å². The number of aryl methyl sites for hydroxylation is 3. The molecule has 1 amide bonds. The van der Waals surface area contributed by atoms with Crippen LogP contribution in [0, 0.1) is 13.8 Å². The van der Waals surface area contributed by atoms with Crippen molar-refractivity contribution < 1.29 is 9.21 Å². The number of furan rings is 1. The summed E-state index contributed by atoms with van der Waals surface area (Å²) in [7, 11) is 0. The molecule has 0 fully saturated rings. The highest BCUT2D eigenvalue weighted by Gasteiger charge is 2.20. The standard InChI is InChI=1S/C17H20N2O2/c1-10-8-14(11(2)21-10)16(18)13-6-5-12-4-3-7-19-17(20)15(12)9-13/h5-6,8-9,16H,3-4,7,18H2,1-2H3,(H,19,20). The van der Waals surface area contributed by atoms with E-state index in [-0.39, 0.29) is 11.9 Å². The van der Waals surface area contributed by atoms with E-state index < -0.39 is 0 Å². The van der Waals surface area contributed by atoms with E-state index in [2.05, 4.69) is 5.32 Å². The van der Waals surface area contributed by atoms with E-state index >= 15 is 0 Å². The Bertz CT molecular complexity index is 688. The van der Waals surface area contributed by atoms with Gasteiger partial charge in [0.25, 0.3) is 5.91 Å². The van der Waals surface area contributed by atoms with Gasteiger partial charge in [0.05, 0.1) is 6.04 Å². The molecule has 1 aliphatic rings. The number of rotatable bonds is 2. The van der Waals surface area contributed by atoms with Crippen LogP contribution in [0.3, 0.4) is 0 Å². The van der Waals surface area contributed by atoms with Crippen molar-refractivity contribution in [3.63, 3.8) is 0 Å². The van der Waals surface area contributed by atoms with Gasteiger partial charge < -0.3 is 15.5 Å². The van der Waals surface area contributed by atoms with Crippen LogP contribution in [0.5, 0.6) is 0 Å². The predicted molar refractivity (Wildman–Crippen MR) is 81.3 cm³/mol. The fourth-order valence-corrected chi connectivity index (χ4v) is 2.93. The van der Waals surface area contributed by atoms with Crippen molar-refractivity contribution in [1.82, 2.24) is 5.32 Å². The van der Waals surface area contributed by atoms with Gasteiger partial charge >= 0.3 is 0 Å². The molecular weight excluding hydrogens is 264 g/mol. The molecule has 2 heterocycles. The van der Waals surface area contributed by atoms with Crippen LogP contribution in [0.25, 0.3) is 0 Å². The van der Waals surface area contributed by atoms with Crippen LogP contribution < -0.4 is 11.1 Å². The molecule has 2 aromatic rings. The van der Waals surface area contributed by atoms with Gasteiger partial charge in [-0.1, -0.05) is 12.1 Å². The highest BCUT2D eigenvalue weighted by Crippen LogP contribution is 2.27. The van der Waals surface area contributed by atoms with E-state index in [4.69, 9.17) is 10.2 Å². The van der Waals surface area contributed by atoms with E-state index in [1.807, 2.05) is 38.1 Å². The maximum Gasteiger partial charge on any atom is 0.251 e. The van der Waals surface area contributed by atoms with Crippen LogP contribution in [-0.4, -0.2) is 12.5 Å². The molecule has 21 heavy (non-hydrogen) atoms. The van der Waals surface area contributed by atoms with Gasteiger partial charge in [-0.05, 0) is 49.9 Å². The minimum atomic E-state index is -0.274. The molecule has 0 saturated carbocycles. The maximum atomic E-state index is 12.1. The summed E-state index contributed by atoms with van der Waals surface area (Å²) in [6, 6.07) is 7.65. The van der Waals surface area contributed by atoms with E-state index in [1.165, 1.54) is 0 Å². The zero-order valence-corrected chi connectivity index (χ0v) is 12.4. The van der Waals surface area contributed by atoms with E-state index in [9.17, 15) is 4.79 Å². The summed E-state index contributed by atoms with van der Waals surface area (Å²) >= 11 is 0. The topological polar surface area (TPSA) is 68.3 Å². The van der Waals surface area contributed by atoms with Gasteiger partial charge in [-0.2, -0.15) is 0 Å². The molecule has 0 spiro atoms. The quantitative estimate of drug-likeness (QED) is 0.890. The zero-order chi connectivity index (χ0) is 15.0. The number of hydrogen-bond donors (Lipinski definition) is 2. The van der Waals surface area contributed by atoms with Crippen molar-refractivity contribution >= 4 is 5.91 Å². The molecule has 0 aliphatic carbocycles. The number of hydrogen-bond acceptors (Lipinski definition) is 3. The van der Waals surface area contributed by atoms with Gasteiger partial charge in [0, 0.05) is 17.7 Å². The Morgan fingerprint density at radius 1 is 1.29 bits per heavy atom. The van der Waals surface area contributed by atoms with Crippen molar-refractivity contribution in [1.29, 1.82) is 0 Å². The second-order valence-electron chi connectivity index (χ2n) is 5.62. The number of nitrogens with two attached hydrogens (primary N) is 1. The summed E-state index contributed by atoms with van der Waals surface area (Å²) in [6.07, 6.45) is 1.90. The Morgan fingerprint density at radius 2 is 2.10 bits per heavy atom. The van der Waals surface area contributed by atoms with Gasteiger partial charge in [0.2, 0.25) is 0 Å². The number of fused-ring (bicyclic) bond motifs is 1. The molecule has 1 aromatic carbocycles. The Balaban J connectivity index is 2.00. The van der Waals surface area contributed by atoms with Crippen LogP contribution in [0.1, 0.15) is 51.0 Å². The van der Waals surface area contributed by atoms with Gasteiger partial charge in [0.1, 0.15) is 11.5 Å². The number of carbonyl (C=O) groups is 1. The summed E-state index contributed by atoms with van der Waals surface area (Å²) in [5, 5.41) is 2.92. The maximum absolute atomic E-state index is 12.1. The average molecular weight is 284 g/mol. The third-order valence-electron chi connectivity index (χ3n) is 4.06. The molecule has 4 nitrogen and oxygen atoms in total. The number of amides is 1. The zero-order valence-electron chi connectivity index (χ0n) is 12.4. The average Bonchev–Trinajstić information content (AvgIpc) is 2.69. The summed E-state index contributed by atoms with van der Waals surface area (Å²) in [5.74, 6) is 1.68. The normalized spacial score (nSPS) is 16.0. The van der Waals surface area contributed by atoms with Crippen LogP contribution in [0.15, 0.2) is 28.7 Å². The first-order chi connectivity index (χ1) is 10.1. The van der Waals surface area contributed by atoms with E-state index in [1.54, 1.807) is 0 Å². The SMILES string of the molecule is Cc1cc(C(N)c2ccc3c(c2)C(=O)NCCC3)c(C)o1. The molecule has 4 heteroatoms. The largest absolute Gasteiger partial charge is 0.466 e. The Hall–Kier alpha value is -2.07. The smallest absolute Gasteiger partial charge is 0.251 e. The van der Waals surface area contributed by atoms with Crippen molar-refractivity contribution in [2.45, 2.75) is 32.7 Å². The van der Waals surface area contributed by atoms with Gasteiger partial charge in [-0.15, -0.1) is 0 Å². The molecule has 0 radical (unpaired) electrons. The first-order valence-corrected chi connectivity index (χ1v) is 7.30. The lowest BCUT2D eigenvalue weighted by Gasteiger charge is -2.14. The lowest BCUT2D eigenvalue weighted by atomic mass is 9.94. The third-order valence-corrected chi connectivity index (χ3v) is 4.06. The predicted octanol–water partition coefficient (Wildman–Crippen LogP) is 2.62. The first-order valence-electron chi connectivity index (χ1n) is 7.30. The van der Waals surface area contributed by atoms with Crippen molar-refractivity contribution in [2.24, 2.45) is 5.73 Å².